The fraction of sp³-hybridized carbons (Fsp3) is 0.750. The largest absolute Gasteiger partial charge is 0.364 e. The summed E-state index contributed by atoms with van der Waals surface area (Å²) in [5, 5.41) is 9.03. The highest BCUT2D eigenvalue weighted by Gasteiger charge is 2.01. The number of hydrogen-bond acceptors (Lipinski definition) is 2. The van der Waals surface area contributed by atoms with Crippen LogP contribution < -0.4 is 0 Å². The molecular weight excluding hydrogens is 128 g/mol. The Hall–Kier alpha value is -0.340. The Morgan fingerprint density at radius 2 is 2.30 bits per heavy atom. The molecule has 2 nitrogen and oxygen atoms in total. The summed E-state index contributed by atoms with van der Waals surface area (Å²) in [7, 11) is 0. The predicted octanol–water partition coefficient (Wildman–Crippen LogP) is 1.70. The van der Waals surface area contributed by atoms with Gasteiger partial charge in [-0.3, -0.25) is 0 Å². The van der Waals surface area contributed by atoms with Crippen LogP contribution in [0.4, 0.5) is 0 Å². The van der Waals surface area contributed by atoms with E-state index in [4.69, 9.17) is 9.84 Å². The van der Waals surface area contributed by atoms with E-state index in [0.29, 0.717) is 12.2 Å². The zero-order valence-corrected chi connectivity index (χ0v) is 6.76. The first-order chi connectivity index (χ1) is 4.68. The third-order valence-corrected chi connectivity index (χ3v) is 1.20. The molecular formula is C8H16O2. The van der Waals surface area contributed by atoms with Gasteiger partial charge in [0.25, 0.3) is 0 Å². The maximum Gasteiger partial charge on any atom is 0.176 e. The molecule has 0 aromatic rings. The second-order valence-electron chi connectivity index (χ2n) is 2.42. The van der Waals surface area contributed by atoms with Gasteiger partial charge in [-0.2, -0.15) is 0 Å². The average Bonchev–Trinajstić information content (AvgIpc) is 1.88. The van der Waals surface area contributed by atoms with Crippen LogP contribution in [0.2, 0.25) is 0 Å². The Morgan fingerprint density at radius 3 is 2.70 bits per heavy atom. The minimum absolute atomic E-state index is 0.616. The predicted molar refractivity (Wildman–Crippen MR) is 41.7 cm³/mol. The number of aliphatic hydroxyl groups excluding tert-OH is 1. The van der Waals surface area contributed by atoms with Gasteiger partial charge >= 0.3 is 0 Å². The lowest BCUT2D eigenvalue weighted by molar-refractivity contribution is -0.0724. The molecule has 0 heterocycles. The van der Waals surface area contributed by atoms with E-state index >= 15 is 0 Å². The Kier molecular flexibility index (Phi) is 5.26. The normalized spacial score (nSPS) is 13.1. The highest BCUT2D eigenvalue weighted by Crippen LogP contribution is 2.00. The fourth-order valence-corrected chi connectivity index (χ4v) is 0.482. The van der Waals surface area contributed by atoms with Crippen molar-refractivity contribution in [3.8, 4) is 0 Å². The molecule has 0 aliphatic rings. The maximum absolute atomic E-state index is 9.03. The van der Waals surface area contributed by atoms with E-state index in [1.807, 2.05) is 0 Å². The van der Waals surface area contributed by atoms with Gasteiger partial charge in [-0.05, 0) is 18.9 Å². The van der Waals surface area contributed by atoms with E-state index in [1.54, 1.807) is 6.92 Å². The number of ether oxygens (including phenoxy) is 1. The molecule has 0 radical (unpaired) electrons. The van der Waals surface area contributed by atoms with Crippen LogP contribution in [0.5, 0.6) is 0 Å². The summed E-state index contributed by atoms with van der Waals surface area (Å²) >= 11 is 0. The summed E-state index contributed by atoms with van der Waals surface area (Å²) in [6.07, 6.45) is 1.30. The molecule has 0 spiro atoms. The van der Waals surface area contributed by atoms with E-state index in [2.05, 4.69) is 13.5 Å². The van der Waals surface area contributed by atoms with E-state index in [9.17, 15) is 0 Å². The van der Waals surface area contributed by atoms with E-state index in [0.717, 1.165) is 12.8 Å². The lowest BCUT2D eigenvalue weighted by Gasteiger charge is -2.10. The zero-order chi connectivity index (χ0) is 7.98. The summed E-state index contributed by atoms with van der Waals surface area (Å²) in [4.78, 5) is 0. The second-order valence-corrected chi connectivity index (χ2v) is 2.42. The molecule has 0 aromatic carbocycles. The van der Waals surface area contributed by atoms with Crippen LogP contribution >= 0.6 is 0 Å². The van der Waals surface area contributed by atoms with Gasteiger partial charge in [-0.1, -0.05) is 19.9 Å². The summed E-state index contributed by atoms with van der Waals surface area (Å²) in [5.41, 5.74) is 0.663. The Balaban J connectivity index is 3.21. The van der Waals surface area contributed by atoms with Crippen molar-refractivity contribution in [1.29, 1.82) is 0 Å². The first-order valence-corrected chi connectivity index (χ1v) is 3.63. The molecule has 1 N–H and O–H groups in total. The lowest BCUT2D eigenvalue weighted by Crippen LogP contribution is -2.13. The van der Waals surface area contributed by atoms with Crippen molar-refractivity contribution in [2.75, 3.05) is 6.61 Å². The summed E-state index contributed by atoms with van der Waals surface area (Å²) in [6.45, 7) is 8.00. The molecule has 60 valence electrons. The number of rotatable bonds is 5. The van der Waals surface area contributed by atoms with Crippen LogP contribution in [0, 0.1) is 0 Å². The summed E-state index contributed by atoms with van der Waals surface area (Å²) in [6, 6.07) is 0. The minimum atomic E-state index is -0.772. The molecule has 0 rings (SSSR count). The molecule has 0 bridgehead atoms. The van der Waals surface area contributed by atoms with Crippen molar-refractivity contribution in [3.05, 3.63) is 12.2 Å². The van der Waals surface area contributed by atoms with Crippen molar-refractivity contribution in [1.82, 2.24) is 0 Å². The van der Waals surface area contributed by atoms with Crippen LogP contribution in [0.3, 0.4) is 0 Å². The number of hydrogen-bond donors (Lipinski definition) is 1. The van der Waals surface area contributed by atoms with Gasteiger partial charge in [0.05, 0.1) is 6.61 Å². The molecule has 1 unspecified atom stereocenters. The SMILES string of the molecule is C=C(C)C(O)OCCCC. The average molecular weight is 144 g/mol. The highest BCUT2D eigenvalue weighted by atomic mass is 16.6. The van der Waals surface area contributed by atoms with Gasteiger partial charge in [-0.25, -0.2) is 0 Å². The van der Waals surface area contributed by atoms with Crippen molar-refractivity contribution in [2.45, 2.75) is 33.0 Å². The lowest BCUT2D eigenvalue weighted by atomic mass is 10.3. The maximum atomic E-state index is 9.03. The van der Waals surface area contributed by atoms with Gasteiger partial charge in [0, 0.05) is 0 Å². The van der Waals surface area contributed by atoms with Crippen molar-refractivity contribution < 1.29 is 9.84 Å². The van der Waals surface area contributed by atoms with Crippen molar-refractivity contribution >= 4 is 0 Å². The molecule has 0 aliphatic heterocycles. The highest BCUT2D eigenvalue weighted by molar-refractivity contribution is 4.91. The Labute approximate surface area is 62.5 Å². The van der Waals surface area contributed by atoms with E-state index < -0.39 is 6.29 Å². The molecule has 1 atom stereocenters. The van der Waals surface area contributed by atoms with Crippen LogP contribution in [-0.2, 0) is 4.74 Å². The minimum Gasteiger partial charge on any atom is -0.364 e. The standard InChI is InChI=1S/C8H16O2/c1-4-5-6-10-8(9)7(2)3/h8-9H,2,4-6H2,1,3H3. The monoisotopic (exact) mass is 144 g/mol. The smallest absolute Gasteiger partial charge is 0.176 e. The third kappa shape index (κ3) is 4.53. The molecule has 0 amide bonds. The van der Waals surface area contributed by atoms with Gasteiger partial charge < -0.3 is 9.84 Å². The number of unbranched alkanes of at least 4 members (excludes halogenated alkanes) is 1. The van der Waals surface area contributed by atoms with Crippen molar-refractivity contribution in [3.63, 3.8) is 0 Å². The second kappa shape index (κ2) is 5.45. The Bertz CT molecular complexity index is 99.4. The van der Waals surface area contributed by atoms with Crippen LogP contribution in [0.25, 0.3) is 0 Å². The van der Waals surface area contributed by atoms with Crippen molar-refractivity contribution in [2.24, 2.45) is 0 Å². The quantitative estimate of drug-likeness (QED) is 0.361. The molecule has 2 heteroatoms. The third-order valence-electron chi connectivity index (χ3n) is 1.20. The fourth-order valence-electron chi connectivity index (χ4n) is 0.482. The molecule has 0 aliphatic carbocycles. The van der Waals surface area contributed by atoms with Gasteiger partial charge in [0.1, 0.15) is 0 Å². The van der Waals surface area contributed by atoms with Crippen LogP contribution in [0.1, 0.15) is 26.7 Å². The van der Waals surface area contributed by atoms with Gasteiger partial charge in [0.15, 0.2) is 6.29 Å². The van der Waals surface area contributed by atoms with Crippen LogP contribution in [-0.4, -0.2) is 18.0 Å². The number of aliphatic hydroxyl groups is 1. The molecule has 0 saturated carbocycles. The molecule has 0 aromatic heterocycles. The zero-order valence-electron chi connectivity index (χ0n) is 6.76. The van der Waals surface area contributed by atoms with Gasteiger partial charge in [-0.15, -0.1) is 0 Å². The first kappa shape index (κ1) is 9.66. The summed E-state index contributed by atoms with van der Waals surface area (Å²) < 4.78 is 5.00. The van der Waals surface area contributed by atoms with Crippen LogP contribution in [0.15, 0.2) is 12.2 Å². The van der Waals surface area contributed by atoms with E-state index in [1.165, 1.54) is 0 Å². The summed E-state index contributed by atoms with van der Waals surface area (Å²) in [5.74, 6) is 0. The van der Waals surface area contributed by atoms with E-state index in [-0.39, 0.29) is 0 Å². The molecule has 10 heavy (non-hydrogen) atoms. The Morgan fingerprint density at radius 1 is 1.70 bits per heavy atom. The topological polar surface area (TPSA) is 29.5 Å². The first-order valence-electron chi connectivity index (χ1n) is 3.63. The van der Waals surface area contributed by atoms with Gasteiger partial charge in [0.2, 0.25) is 0 Å². The molecule has 0 fully saturated rings. The molecule has 0 saturated heterocycles.